The molecule has 7 aromatic rings. The molecule has 2 bridgehead atoms. The number of H-pyrrole nitrogens is 1. The summed E-state index contributed by atoms with van der Waals surface area (Å²) in [7, 11) is 5.28. The van der Waals surface area contributed by atoms with Crippen LogP contribution in [-0.2, 0) is 115 Å². The van der Waals surface area contributed by atoms with E-state index in [2.05, 4.69) is 52.8 Å². The van der Waals surface area contributed by atoms with Gasteiger partial charge >= 0.3 is 5.97 Å². The van der Waals surface area contributed by atoms with Gasteiger partial charge in [0.15, 0.2) is 0 Å². The number of nitrogens with one attached hydrogen (secondary N) is 10. The highest BCUT2D eigenvalue weighted by Crippen LogP contribution is 2.33. The number of benzene rings is 6. The summed E-state index contributed by atoms with van der Waals surface area (Å²) in [5, 5.41) is 56.2. The van der Waals surface area contributed by atoms with Crippen molar-refractivity contribution < 1.29 is 92.0 Å². The van der Waals surface area contributed by atoms with Gasteiger partial charge in [0.25, 0.3) is 0 Å². The molecule has 0 radical (unpaired) electrons. The number of nitrogens with zero attached hydrogens (tertiary/aromatic N) is 5. The molecule has 0 unspecified atom stereocenters. The number of primary amides is 1. The number of aliphatic carboxylic acids is 1. The largest absolute Gasteiger partial charge is 0.508 e. The molecule has 1 fully saturated rings. The summed E-state index contributed by atoms with van der Waals surface area (Å²) >= 11 is 0.827. The van der Waals surface area contributed by atoms with Crippen molar-refractivity contribution in [2.75, 3.05) is 64.2 Å². The van der Waals surface area contributed by atoms with E-state index >= 15 is 38.4 Å². The van der Waals surface area contributed by atoms with E-state index in [0.717, 1.165) is 26.5 Å². The Morgan fingerprint density at radius 3 is 1.66 bits per heavy atom. The average Bonchev–Trinajstić information content (AvgIpc) is 1.05. The highest BCUT2D eigenvalue weighted by atomic mass is 32.2. The number of amides is 15. The SMILES string of the molecule is CCCC[C@H]1C(=O)N(C)CC(=O)N[C@@H](CC(=O)O)C(=O)N[C@@H](C(C)C)C(=O)N(C)[C@@H](Cc2ccccc2)C(=O)N[C@H]2Cc3ccc(O)cc3N(CC(=O)N[C@@H](Cc3cccc4[nH]ccc34)C(=O)N[C@@H](Cc3ccc(O)cc3)C(=O)N[C@@H](CC(C)C)C(=O)N[C@H](C(=O)NCC(N)=O)CSCC(=O)N[C@@H](Cc3ccccc3)C(=O)N(C)[C@@H](Cc3ccccc3)C(=O)N1C)C2=O. The zero-order valence-corrected chi connectivity index (χ0v) is 73.8. The van der Waals surface area contributed by atoms with Crippen LogP contribution in [0.5, 0.6) is 11.5 Å². The number of thioether (sulfide) groups is 1. The van der Waals surface area contributed by atoms with Crippen LogP contribution in [0.1, 0.15) is 100 Å². The first-order chi connectivity index (χ1) is 61.0. The molecule has 2 aliphatic heterocycles. The van der Waals surface area contributed by atoms with Crippen LogP contribution in [-0.4, -0.2) is 260 Å². The normalized spacial score (nSPS) is 22.2. The Hall–Kier alpha value is -13.7. The molecule has 6 aromatic carbocycles. The first kappa shape index (κ1) is 98.1. The summed E-state index contributed by atoms with van der Waals surface area (Å²) in [4.78, 5) is 244. The van der Waals surface area contributed by atoms with E-state index < -0.39 is 199 Å². The zero-order valence-electron chi connectivity index (χ0n) is 73.0. The number of aromatic nitrogens is 1. The Labute approximate surface area is 745 Å². The number of anilines is 1. The number of hydrogen-bond donors (Lipinski definition) is 14. The van der Waals surface area contributed by atoms with E-state index in [4.69, 9.17) is 5.73 Å². The molecule has 128 heavy (non-hydrogen) atoms. The number of nitrogens with two attached hydrogens (primary N) is 1. The van der Waals surface area contributed by atoms with Crippen LogP contribution < -0.4 is 58.5 Å². The second-order valence-corrected chi connectivity index (χ2v) is 34.0. The third-order valence-corrected chi connectivity index (χ3v) is 23.3. The van der Waals surface area contributed by atoms with Crippen molar-refractivity contribution in [3.05, 3.63) is 197 Å². The first-order valence-electron chi connectivity index (χ1n) is 42.4. The Bertz CT molecular complexity index is 5140. The number of unbranched alkanes of at least 4 members (excludes halogenated alkanes) is 1. The molecule has 682 valence electrons. The molecule has 35 nitrogen and oxygen atoms in total. The minimum Gasteiger partial charge on any atom is -0.508 e. The highest BCUT2D eigenvalue weighted by Gasteiger charge is 2.44. The van der Waals surface area contributed by atoms with Crippen LogP contribution >= 0.6 is 11.8 Å². The molecule has 3 heterocycles. The lowest BCUT2D eigenvalue weighted by atomic mass is 9.95. The van der Waals surface area contributed by atoms with Gasteiger partial charge in [-0.05, 0) is 88.4 Å². The number of carbonyl (C=O) groups excluding carboxylic acids is 15. The van der Waals surface area contributed by atoms with E-state index in [9.17, 15) is 53.7 Å². The molecule has 0 saturated carbocycles. The lowest BCUT2D eigenvalue weighted by Crippen LogP contribution is -2.62. The Morgan fingerprint density at radius 1 is 0.508 bits per heavy atom. The number of carboxylic acids is 1. The number of phenolic OH excluding ortho intramolecular Hbond substituents is 2. The standard InChI is InChI=1S/C92H114N16O19S/c1-10-11-30-72-90(125)104(6)49-77(112)97-68(47-80(115)116)86(121)103-81(54(4)5)92(127)106(8)74(42-56-24-17-13-18-25-56)87(122)101-70-45-60-33-36-62(110)46-73(60)108(89(70)124)50-78(113)96-67(44-59-28-21-29-64-63(59)37-38-94-64)85(120)100-66(40-58-31-34-61(109)35-32-58)84(119)99-65(39-53(2)3)83(118)102-71(82(117)95-48-76(93)111)51-128-52-79(114)98-69(41-55-22-15-12-16-23-55)88(123)107(9)75(91(126)105(72)7)43-57-26-19-14-20-27-57/h12-29,31-38,46,53-54,65-72,74-75,81,94,109-110H,10-11,30,39-45,47-52H2,1-9H3,(H2,93,111)(H,95,117)(H,96,113)(H,97,112)(H,98,114)(H,99,119)(H,100,120)(H,101,122)(H,102,118)(H,103,121)(H,115,116)/t65-,66-,67-,68-,69-,70-,71-,72-,74-,75-,81-/m0/s1. The number of carbonyl (C=O) groups is 16. The highest BCUT2D eigenvalue weighted by molar-refractivity contribution is 8.00. The maximum Gasteiger partial charge on any atom is 0.305 e. The predicted octanol–water partition coefficient (Wildman–Crippen LogP) is 2.21. The minimum absolute atomic E-state index is 0.0320. The lowest BCUT2D eigenvalue weighted by molar-refractivity contribution is -0.151. The smallest absolute Gasteiger partial charge is 0.305 e. The van der Waals surface area contributed by atoms with Crippen LogP contribution in [0.15, 0.2) is 164 Å². The number of likely N-dealkylation sites (N-methyl/N-ethyl adjacent to an activating group) is 4. The molecule has 0 aliphatic carbocycles. The lowest BCUT2D eigenvalue weighted by Gasteiger charge is -2.37. The first-order valence-corrected chi connectivity index (χ1v) is 43.5. The van der Waals surface area contributed by atoms with Crippen LogP contribution in [0, 0.1) is 11.8 Å². The second-order valence-electron chi connectivity index (χ2n) is 32.9. The number of aromatic amines is 1. The van der Waals surface area contributed by atoms with Crippen LogP contribution in [0.25, 0.3) is 10.9 Å². The Kier molecular flexibility index (Phi) is 35.7. The van der Waals surface area contributed by atoms with Crippen molar-refractivity contribution in [3.8, 4) is 11.5 Å². The summed E-state index contributed by atoms with van der Waals surface area (Å²) < 4.78 is 0. The molecule has 36 heteroatoms. The molecule has 0 spiro atoms. The van der Waals surface area contributed by atoms with Gasteiger partial charge < -0.3 is 98.4 Å². The topological polar surface area (TPSA) is 500 Å². The quantitative estimate of drug-likeness (QED) is 0.0490. The van der Waals surface area contributed by atoms with Crippen molar-refractivity contribution in [2.24, 2.45) is 17.6 Å². The van der Waals surface area contributed by atoms with Crippen molar-refractivity contribution >= 4 is 123 Å². The van der Waals surface area contributed by atoms with Gasteiger partial charge in [-0.3, -0.25) is 76.7 Å². The van der Waals surface area contributed by atoms with Crippen LogP contribution in [0.2, 0.25) is 0 Å². The van der Waals surface area contributed by atoms with Gasteiger partial charge in [-0.1, -0.05) is 169 Å². The van der Waals surface area contributed by atoms with Crippen molar-refractivity contribution in [2.45, 2.75) is 172 Å². The van der Waals surface area contributed by atoms with Crippen LogP contribution in [0.3, 0.4) is 0 Å². The fraction of sp³-hybridized carbons (Fsp3) is 0.413. The fourth-order valence-corrected chi connectivity index (χ4v) is 16.2. The van der Waals surface area contributed by atoms with Gasteiger partial charge in [-0.25, -0.2) is 0 Å². The van der Waals surface area contributed by atoms with Gasteiger partial charge in [-0.2, -0.15) is 0 Å². The summed E-state index contributed by atoms with van der Waals surface area (Å²) in [6, 6.07) is 25.5. The van der Waals surface area contributed by atoms with Gasteiger partial charge in [0.1, 0.15) is 84.5 Å². The van der Waals surface area contributed by atoms with E-state index in [-0.39, 0.29) is 80.2 Å². The second kappa shape index (κ2) is 46.5. The van der Waals surface area contributed by atoms with Gasteiger partial charge in [-0.15, -0.1) is 11.8 Å². The summed E-state index contributed by atoms with van der Waals surface area (Å²) in [6.07, 6.45) is 0.182. The molecule has 2 aliphatic rings. The number of carboxylic acid groups (broad SMARTS) is 1. The average molecular weight is 1780 g/mol. The molecule has 11 atom stereocenters. The Balaban J connectivity index is 1.11. The van der Waals surface area contributed by atoms with E-state index in [1.165, 1.54) is 80.5 Å². The monoisotopic (exact) mass is 1780 g/mol. The number of fused-ring (bicyclic) bond motifs is 5. The van der Waals surface area contributed by atoms with E-state index in [0.29, 0.717) is 57.1 Å². The molecular weight excluding hydrogens is 1670 g/mol. The summed E-state index contributed by atoms with van der Waals surface area (Å²) in [6.45, 7) is 6.09. The number of hydrogen-bond acceptors (Lipinski definition) is 19. The third kappa shape index (κ3) is 27.7. The molecule has 9 rings (SSSR count). The minimum atomic E-state index is -1.90. The Morgan fingerprint density at radius 2 is 1.05 bits per heavy atom. The third-order valence-electron chi connectivity index (χ3n) is 22.3. The summed E-state index contributed by atoms with van der Waals surface area (Å²) in [5.41, 5.74) is 9.10. The molecule has 1 saturated heterocycles. The fourth-order valence-electron chi connectivity index (χ4n) is 15.4. The molecular formula is C92H114N16O19S. The van der Waals surface area contributed by atoms with Crippen molar-refractivity contribution in [1.82, 2.24) is 72.4 Å². The number of phenols is 2. The summed E-state index contributed by atoms with van der Waals surface area (Å²) in [5.74, 6) is -17.7. The van der Waals surface area contributed by atoms with Crippen molar-refractivity contribution in [3.63, 3.8) is 0 Å². The number of rotatable bonds is 21. The van der Waals surface area contributed by atoms with E-state index in [1.807, 2.05) is 6.92 Å². The predicted molar refractivity (Wildman–Crippen MR) is 477 cm³/mol. The van der Waals surface area contributed by atoms with Gasteiger partial charge in [0.2, 0.25) is 88.6 Å². The molecule has 15 amide bonds. The van der Waals surface area contributed by atoms with Gasteiger partial charge in [0.05, 0.1) is 31.0 Å². The van der Waals surface area contributed by atoms with Gasteiger partial charge in [0, 0.05) is 95.6 Å². The number of aromatic hydroxyl groups is 2. The molecule has 1 aromatic heterocycles. The maximum atomic E-state index is 15.5. The maximum absolute atomic E-state index is 15.5. The zero-order chi connectivity index (χ0) is 93.2. The van der Waals surface area contributed by atoms with Crippen molar-refractivity contribution in [1.29, 1.82) is 0 Å². The van der Waals surface area contributed by atoms with E-state index in [1.54, 1.807) is 149 Å². The van der Waals surface area contributed by atoms with Crippen LogP contribution in [0.4, 0.5) is 5.69 Å². The molecule has 15 N–H and O–H groups in total.